The minimum Gasteiger partial charge on any atom is -0.504 e. The minimum absolute atomic E-state index is 0.165. The maximum absolute atomic E-state index is 11.2. The van der Waals surface area contributed by atoms with Gasteiger partial charge in [0.2, 0.25) is 5.43 Å². The monoisotopic (exact) mass is 206 g/mol. The molecule has 0 radical (unpaired) electrons. The first-order valence-corrected chi connectivity index (χ1v) is 5.18. The highest BCUT2D eigenvalue weighted by molar-refractivity contribution is 5.28. The van der Waals surface area contributed by atoms with E-state index in [1.54, 1.807) is 12.1 Å². The zero-order valence-electron chi connectivity index (χ0n) is 8.48. The third-order valence-electron chi connectivity index (χ3n) is 2.78. The van der Waals surface area contributed by atoms with E-state index < -0.39 is 0 Å². The molecule has 15 heavy (non-hydrogen) atoms. The Morgan fingerprint density at radius 1 is 1.27 bits per heavy atom. The van der Waals surface area contributed by atoms with Crippen molar-refractivity contribution in [1.29, 1.82) is 0 Å². The molecule has 1 aromatic carbocycles. The Morgan fingerprint density at radius 3 is 2.73 bits per heavy atom. The van der Waals surface area contributed by atoms with Crippen molar-refractivity contribution in [2.45, 2.75) is 18.8 Å². The summed E-state index contributed by atoms with van der Waals surface area (Å²) in [5, 5.41) is 9.45. The molecule has 1 aliphatic heterocycles. The summed E-state index contributed by atoms with van der Waals surface area (Å²) in [6, 6.07) is 6.57. The van der Waals surface area contributed by atoms with E-state index in [4.69, 9.17) is 4.74 Å². The molecule has 80 valence electrons. The van der Waals surface area contributed by atoms with Crippen LogP contribution in [0.2, 0.25) is 0 Å². The summed E-state index contributed by atoms with van der Waals surface area (Å²) in [6.45, 7) is 1.52. The van der Waals surface area contributed by atoms with E-state index in [9.17, 15) is 9.90 Å². The average Bonchev–Trinajstić information content (AvgIpc) is 2.43. The number of ether oxygens (including phenoxy) is 1. The van der Waals surface area contributed by atoms with E-state index in [1.165, 1.54) is 6.07 Å². The van der Waals surface area contributed by atoms with Gasteiger partial charge in [0.1, 0.15) is 0 Å². The van der Waals surface area contributed by atoms with Gasteiger partial charge in [0.25, 0.3) is 0 Å². The van der Waals surface area contributed by atoms with Crippen LogP contribution < -0.4 is 5.43 Å². The Bertz CT molecular complexity index is 394. The molecular weight excluding hydrogens is 192 g/mol. The second kappa shape index (κ2) is 4.45. The van der Waals surface area contributed by atoms with E-state index in [1.807, 2.05) is 6.07 Å². The summed E-state index contributed by atoms with van der Waals surface area (Å²) in [5.74, 6) is 0.234. The van der Waals surface area contributed by atoms with E-state index >= 15 is 0 Å². The smallest absolute Gasteiger partial charge is 0.220 e. The van der Waals surface area contributed by atoms with E-state index in [2.05, 4.69) is 0 Å². The largest absolute Gasteiger partial charge is 0.504 e. The second-order valence-corrected chi connectivity index (χ2v) is 3.81. The first-order chi connectivity index (χ1) is 7.27. The molecule has 0 amide bonds. The molecule has 1 N–H and O–H groups in total. The Morgan fingerprint density at radius 2 is 2.00 bits per heavy atom. The van der Waals surface area contributed by atoms with Gasteiger partial charge in [-0.05, 0) is 36.5 Å². The summed E-state index contributed by atoms with van der Waals surface area (Å²) in [5.41, 5.74) is 0.700. The molecule has 2 rings (SSSR count). The molecule has 1 heterocycles. The van der Waals surface area contributed by atoms with E-state index in [-0.39, 0.29) is 11.2 Å². The molecule has 3 nitrogen and oxygen atoms in total. The van der Waals surface area contributed by atoms with Crippen LogP contribution in [-0.4, -0.2) is 18.3 Å². The normalized spacial score (nSPS) is 17.6. The molecule has 0 spiro atoms. The van der Waals surface area contributed by atoms with Gasteiger partial charge in [-0.25, -0.2) is 0 Å². The summed E-state index contributed by atoms with van der Waals surface area (Å²) < 4.78 is 5.27. The molecule has 0 saturated carbocycles. The number of hydrogen-bond acceptors (Lipinski definition) is 3. The number of hydrogen-bond donors (Lipinski definition) is 1. The molecule has 0 unspecified atom stereocenters. The van der Waals surface area contributed by atoms with Gasteiger partial charge in [-0.3, -0.25) is 4.79 Å². The van der Waals surface area contributed by atoms with Crippen LogP contribution in [0.15, 0.2) is 29.1 Å². The Balaban J connectivity index is 2.32. The lowest BCUT2D eigenvalue weighted by Gasteiger charge is -2.21. The Hall–Kier alpha value is -1.35. The third-order valence-corrected chi connectivity index (χ3v) is 2.78. The van der Waals surface area contributed by atoms with Crippen LogP contribution >= 0.6 is 0 Å². The van der Waals surface area contributed by atoms with E-state index in [0.717, 1.165) is 31.6 Å². The average molecular weight is 206 g/mol. The summed E-state index contributed by atoms with van der Waals surface area (Å²) in [4.78, 5) is 11.2. The SMILES string of the molecule is O=c1cccc(C2CCOCC2)cc1O. The lowest BCUT2D eigenvalue weighted by atomic mass is 9.93. The number of aromatic hydroxyl groups is 1. The van der Waals surface area contributed by atoms with Crippen molar-refractivity contribution >= 4 is 0 Å². The first kappa shape index (κ1) is 10.2. The van der Waals surface area contributed by atoms with Crippen LogP contribution in [0.1, 0.15) is 24.3 Å². The molecule has 1 aliphatic rings. The van der Waals surface area contributed by atoms with Crippen molar-refractivity contribution < 1.29 is 9.84 Å². The molecule has 0 atom stereocenters. The van der Waals surface area contributed by atoms with Gasteiger partial charge in [-0.15, -0.1) is 0 Å². The highest BCUT2D eigenvalue weighted by Crippen LogP contribution is 2.27. The predicted molar refractivity (Wildman–Crippen MR) is 57.2 cm³/mol. The molecular formula is C12H14O3. The van der Waals surface area contributed by atoms with Gasteiger partial charge in [0, 0.05) is 13.2 Å². The molecule has 1 saturated heterocycles. The van der Waals surface area contributed by atoms with Crippen molar-refractivity contribution in [1.82, 2.24) is 0 Å². The van der Waals surface area contributed by atoms with Crippen LogP contribution in [0, 0.1) is 0 Å². The summed E-state index contributed by atoms with van der Waals surface area (Å²) in [7, 11) is 0. The topological polar surface area (TPSA) is 46.5 Å². The van der Waals surface area contributed by atoms with Crippen molar-refractivity contribution in [3.63, 3.8) is 0 Å². The Kier molecular flexibility index (Phi) is 3.02. The molecule has 0 bridgehead atoms. The zero-order valence-corrected chi connectivity index (χ0v) is 8.48. The van der Waals surface area contributed by atoms with Crippen molar-refractivity contribution in [2.75, 3.05) is 13.2 Å². The highest BCUT2D eigenvalue weighted by atomic mass is 16.5. The molecule has 0 aliphatic carbocycles. The zero-order chi connectivity index (χ0) is 10.7. The van der Waals surface area contributed by atoms with Crippen molar-refractivity contribution in [3.8, 4) is 5.75 Å². The van der Waals surface area contributed by atoms with Crippen LogP contribution in [0.4, 0.5) is 0 Å². The molecule has 0 aromatic heterocycles. The lowest BCUT2D eigenvalue weighted by Crippen LogP contribution is -2.13. The van der Waals surface area contributed by atoms with Gasteiger partial charge in [-0.1, -0.05) is 12.1 Å². The number of rotatable bonds is 1. The van der Waals surface area contributed by atoms with Gasteiger partial charge < -0.3 is 9.84 Å². The van der Waals surface area contributed by atoms with E-state index in [0.29, 0.717) is 5.92 Å². The standard InChI is InChI=1S/C12H14O3/c13-11-3-1-2-10(8-12(11)14)9-4-6-15-7-5-9/h1-3,8-9H,4-7H2,(H,13,14). The van der Waals surface area contributed by atoms with Gasteiger partial charge in [0.05, 0.1) is 0 Å². The van der Waals surface area contributed by atoms with Gasteiger partial charge in [0.15, 0.2) is 5.75 Å². The van der Waals surface area contributed by atoms with Crippen molar-refractivity contribution in [3.05, 3.63) is 40.1 Å². The van der Waals surface area contributed by atoms with Gasteiger partial charge >= 0.3 is 0 Å². The Labute approximate surface area is 88.3 Å². The quantitative estimate of drug-likeness (QED) is 0.760. The maximum atomic E-state index is 11.2. The second-order valence-electron chi connectivity index (χ2n) is 3.81. The predicted octanol–water partition coefficient (Wildman–Crippen LogP) is 1.65. The third kappa shape index (κ3) is 2.36. The van der Waals surface area contributed by atoms with Crippen LogP contribution in [0.25, 0.3) is 0 Å². The van der Waals surface area contributed by atoms with Crippen LogP contribution in [0.3, 0.4) is 0 Å². The van der Waals surface area contributed by atoms with Gasteiger partial charge in [-0.2, -0.15) is 0 Å². The molecule has 1 aromatic rings. The lowest BCUT2D eigenvalue weighted by molar-refractivity contribution is 0.0853. The fourth-order valence-electron chi connectivity index (χ4n) is 1.89. The summed E-state index contributed by atoms with van der Waals surface area (Å²) >= 11 is 0. The van der Waals surface area contributed by atoms with Crippen molar-refractivity contribution in [2.24, 2.45) is 0 Å². The molecule has 1 fully saturated rings. The minimum atomic E-state index is -0.326. The molecule has 3 heteroatoms. The highest BCUT2D eigenvalue weighted by Gasteiger charge is 2.15. The fourth-order valence-corrected chi connectivity index (χ4v) is 1.89. The first-order valence-electron chi connectivity index (χ1n) is 5.18. The maximum Gasteiger partial charge on any atom is 0.220 e. The van der Waals surface area contributed by atoms with Crippen LogP contribution in [-0.2, 0) is 4.74 Å². The fraction of sp³-hybridized carbons (Fsp3) is 0.417. The van der Waals surface area contributed by atoms with Crippen LogP contribution in [0.5, 0.6) is 5.75 Å². The summed E-state index contributed by atoms with van der Waals surface area (Å²) in [6.07, 6.45) is 1.91.